The third-order valence-corrected chi connectivity index (χ3v) is 4.50. The van der Waals surface area contributed by atoms with Crippen molar-refractivity contribution in [1.82, 2.24) is 14.5 Å². The van der Waals surface area contributed by atoms with E-state index in [0.717, 1.165) is 39.3 Å². The van der Waals surface area contributed by atoms with Crippen molar-refractivity contribution in [3.05, 3.63) is 40.4 Å². The van der Waals surface area contributed by atoms with Crippen LogP contribution in [0.25, 0.3) is 21.9 Å². The number of halogens is 1. The molecule has 0 amide bonds. The fourth-order valence-electron chi connectivity index (χ4n) is 2.51. The van der Waals surface area contributed by atoms with Gasteiger partial charge in [0, 0.05) is 24.9 Å². The molecule has 3 rings (SSSR count). The molecule has 0 fully saturated rings. The van der Waals surface area contributed by atoms with Crippen molar-refractivity contribution < 1.29 is 4.74 Å². The van der Waals surface area contributed by atoms with Crippen LogP contribution in [0, 0.1) is 0 Å². The van der Waals surface area contributed by atoms with Crippen LogP contribution in [0.3, 0.4) is 0 Å². The van der Waals surface area contributed by atoms with Gasteiger partial charge in [0.05, 0.1) is 28.9 Å². The molecule has 0 aliphatic carbocycles. The number of rotatable bonds is 4. The number of fused-ring (bicyclic) bond motifs is 3. The van der Waals surface area contributed by atoms with Crippen molar-refractivity contribution in [3.8, 4) is 0 Å². The predicted octanol–water partition coefficient (Wildman–Crippen LogP) is 2.37. The van der Waals surface area contributed by atoms with Crippen molar-refractivity contribution in [2.75, 3.05) is 12.4 Å². The molecular weight excluding hydrogens is 334 g/mol. The van der Waals surface area contributed by atoms with Crippen LogP contribution >= 0.6 is 15.9 Å². The minimum Gasteiger partial charge on any atom is -0.380 e. The number of benzene rings is 1. The Hall–Kier alpha value is -1.66. The number of H-pyrrole nitrogens is 1. The number of imidazole rings is 1. The molecule has 1 atom stereocenters. The summed E-state index contributed by atoms with van der Waals surface area (Å²) < 4.78 is 6.98. The summed E-state index contributed by atoms with van der Waals surface area (Å²) in [6, 6.07) is 6.11. The van der Waals surface area contributed by atoms with Gasteiger partial charge >= 0.3 is 5.69 Å². The number of hydrogen-bond donors (Lipinski definition) is 1. The maximum atomic E-state index is 11.8. The second kappa shape index (κ2) is 5.61. The van der Waals surface area contributed by atoms with Crippen LogP contribution in [0.5, 0.6) is 0 Å². The topological polar surface area (TPSA) is 59.9 Å². The summed E-state index contributed by atoms with van der Waals surface area (Å²) in [6.45, 7) is 0. The van der Waals surface area contributed by atoms with Crippen LogP contribution in [-0.2, 0) is 18.2 Å². The molecule has 0 unspecified atom stereocenters. The molecule has 1 aromatic carbocycles. The molecule has 110 valence electrons. The number of hydrogen-bond acceptors (Lipinski definition) is 3. The van der Waals surface area contributed by atoms with E-state index in [4.69, 9.17) is 4.74 Å². The molecule has 2 heterocycles. The monoisotopic (exact) mass is 349 g/mol. The van der Waals surface area contributed by atoms with Gasteiger partial charge in [-0.15, -0.1) is 0 Å². The smallest absolute Gasteiger partial charge is 0.326 e. The Morgan fingerprint density at radius 3 is 3.00 bits per heavy atom. The van der Waals surface area contributed by atoms with Gasteiger partial charge in [-0.1, -0.05) is 22.0 Å². The lowest BCUT2D eigenvalue weighted by Crippen LogP contribution is -2.15. The number of methoxy groups -OCH3 is 1. The molecule has 21 heavy (non-hydrogen) atoms. The number of ether oxygens (including phenoxy) is 1. The zero-order chi connectivity index (χ0) is 15.0. The first-order valence-corrected chi connectivity index (χ1v) is 7.81. The van der Waals surface area contributed by atoms with Gasteiger partial charge in [-0.2, -0.15) is 0 Å². The van der Waals surface area contributed by atoms with Crippen molar-refractivity contribution >= 4 is 37.9 Å². The maximum Gasteiger partial charge on any atom is 0.326 e. The van der Waals surface area contributed by atoms with Crippen LogP contribution in [-0.4, -0.2) is 33.1 Å². The van der Waals surface area contributed by atoms with Crippen LogP contribution in [0.2, 0.25) is 0 Å². The molecule has 0 aliphatic rings. The number of aromatic nitrogens is 3. The van der Waals surface area contributed by atoms with Gasteiger partial charge in [0.1, 0.15) is 0 Å². The summed E-state index contributed by atoms with van der Waals surface area (Å²) in [6.07, 6.45) is 2.67. The molecule has 0 saturated carbocycles. The quantitative estimate of drug-likeness (QED) is 0.735. The lowest BCUT2D eigenvalue weighted by atomic mass is 10.1. The number of nitrogens with zero attached hydrogens (tertiary/aromatic N) is 2. The Morgan fingerprint density at radius 1 is 1.48 bits per heavy atom. The normalized spacial score (nSPS) is 13.1. The van der Waals surface area contributed by atoms with Crippen molar-refractivity contribution in [2.24, 2.45) is 7.05 Å². The van der Waals surface area contributed by atoms with Crippen molar-refractivity contribution in [3.63, 3.8) is 0 Å². The van der Waals surface area contributed by atoms with E-state index in [1.54, 1.807) is 24.9 Å². The predicted molar refractivity (Wildman–Crippen MR) is 87.1 cm³/mol. The van der Waals surface area contributed by atoms with Gasteiger partial charge in [-0.25, -0.2) is 4.79 Å². The second-order valence-electron chi connectivity index (χ2n) is 5.08. The summed E-state index contributed by atoms with van der Waals surface area (Å²) >= 11 is 3.45. The number of alkyl halides is 1. The number of aryl methyl sites for hydroxylation is 1. The van der Waals surface area contributed by atoms with E-state index < -0.39 is 0 Å². The Balaban J connectivity index is 2.17. The first-order chi connectivity index (χ1) is 10.1. The number of pyridine rings is 1. The summed E-state index contributed by atoms with van der Waals surface area (Å²) in [5.41, 5.74) is 3.56. The van der Waals surface area contributed by atoms with Crippen LogP contribution in [0.4, 0.5) is 0 Å². The Kier molecular flexibility index (Phi) is 3.82. The van der Waals surface area contributed by atoms with E-state index in [9.17, 15) is 4.79 Å². The minimum atomic E-state index is -0.125. The number of nitrogens with one attached hydrogen (secondary N) is 1. The summed E-state index contributed by atoms with van der Waals surface area (Å²) in [4.78, 5) is 19.1. The third kappa shape index (κ3) is 2.49. The standard InChI is InChI=1S/C15H16BrN3O2/c1-19-13-8-17-12-4-3-9(5-10(7-16)21-2)6-11(12)14(13)18-15(19)20/h3-4,6,8,10H,5,7H2,1-2H3,(H,18,20)/t10-/m0/s1. The van der Waals surface area contributed by atoms with E-state index in [2.05, 4.69) is 38.0 Å². The molecular formula is C15H16BrN3O2. The first kappa shape index (κ1) is 14.3. The largest absolute Gasteiger partial charge is 0.380 e. The maximum absolute atomic E-state index is 11.8. The summed E-state index contributed by atoms with van der Waals surface area (Å²) in [5.74, 6) is 0. The molecule has 6 heteroatoms. The molecule has 0 saturated heterocycles. The average Bonchev–Trinajstić information content (AvgIpc) is 2.80. The Bertz CT molecular complexity index is 849. The van der Waals surface area contributed by atoms with E-state index in [1.165, 1.54) is 0 Å². The Morgan fingerprint density at radius 2 is 2.29 bits per heavy atom. The van der Waals surface area contributed by atoms with Crippen LogP contribution in [0.15, 0.2) is 29.2 Å². The molecule has 3 aromatic rings. The van der Waals surface area contributed by atoms with Crippen molar-refractivity contribution in [2.45, 2.75) is 12.5 Å². The molecule has 5 nitrogen and oxygen atoms in total. The van der Waals surface area contributed by atoms with Gasteiger partial charge in [-0.3, -0.25) is 9.55 Å². The highest BCUT2D eigenvalue weighted by atomic mass is 79.9. The lowest BCUT2D eigenvalue weighted by molar-refractivity contribution is 0.123. The van der Waals surface area contributed by atoms with Gasteiger partial charge in [-0.05, 0) is 24.1 Å². The van der Waals surface area contributed by atoms with Gasteiger partial charge in [0.25, 0.3) is 0 Å². The van der Waals surface area contributed by atoms with E-state index in [1.807, 2.05) is 6.07 Å². The van der Waals surface area contributed by atoms with Gasteiger partial charge < -0.3 is 9.72 Å². The van der Waals surface area contributed by atoms with E-state index >= 15 is 0 Å². The van der Waals surface area contributed by atoms with E-state index in [0.29, 0.717) is 0 Å². The molecule has 0 bridgehead atoms. The Labute approximate surface area is 130 Å². The molecule has 0 spiro atoms. The highest BCUT2D eigenvalue weighted by Crippen LogP contribution is 2.22. The molecule has 0 radical (unpaired) electrons. The second-order valence-corrected chi connectivity index (χ2v) is 5.72. The van der Waals surface area contributed by atoms with Crippen molar-refractivity contribution in [1.29, 1.82) is 0 Å². The van der Waals surface area contributed by atoms with Gasteiger partial charge in [0.2, 0.25) is 0 Å². The SMILES string of the molecule is CO[C@H](CBr)Cc1ccc2ncc3c([nH]c(=O)n3C)c2c1. The molecule has 0 aliphatic heterocycles. The minimum absolute atomic E-state index is 0.125. The fourth-order valence-corrected chi connectivity index (χ4v) is 3.00. The number of aromatic amines is 1. The lowest BCUT2D eigenvalue weighted by Gasteiger charge is -2.12. The molecule has 1 N–H and O–H groups in total. The zero-order valence-corrected chi connectivity index (χ0v) is 13.5. The third-order valence-electron chi connectivity index (χ3n) is 3.78. The molecule has 2 aromatic heterocycles. The summed E-state index contributed by atoms with van der Waals surface area (Å²) in [7, 11) is 3.45. The fraction of sp³-hybridized carbons (Fsp3) is 0.333. The zero-order valence-electron chi connectivity index (χ0n) is 11.9. The highest BCUT2D eigenvalue weighted by Gasteiger charge is 2.11. The van der Waals surface area contributed by atoms with Crippen LogP contribution in [0.1, 0.15) is 5.56 Å². The summed E-state index contributed by atoms with van der Waals surface area (Å²) in [5, 5.41) is 1.75. The highest BCUT2D eigenvalue weighted by molar-refractivity contribution is 9.09. The average molecular weight is 350 g/mol. The van der Waals surface area contributed by atoms with E-state index in [-0.39, 0.29) is 11.8 Å². The first-order valence-electron chi connectivity index (χ1n) is 6.69. The van der Waals surface area contributed by atoms with Gasteiger partial charge in [0.15, 0.2) is 0 Å². The van der Waals surface area contributed by atoms with Crippen LogP contribution < -0.4 is 5.69 Å².